The van der Waals surface area contributed by atoms with Gasteiger partial charge in [-0.05, 0) is 22.5 Å². The Morgan fingerprint density at radius 2 is 2.17 bits per heavy atom. The molecule has 0 spiro atoms. The van der Waals surface area contributed by atoms with Gasteiger partial charge in [0, 0.05) is 17.3 Å². The second-order valence-electron chi connectivity index (χ2n) is 6.08. The number of fused-ring (bicyclic) bond motifs is 1. The fourth-order valence-corrected chi connectivity index (χ4v) is 2.78. The molecule has 0 radical (unpaired) electrons. The van der Waals surface area contributed by atoms with E-state index in [2.05, 4.69) is 20.0 Å². The smallest absolute Gasteiger partial charge is 0.223 e. The average molecular weight is 347 g/mol. The molecule has 0 aliphatic carbocycles. The summed E-state index contributed by atoms with van der Waals surface area (Å²) in [4.78, 5) is 23.6. The highest BCUT2D eigenvalue weighted by Gasteiger charge is 2.29. The van der Waals surface area contributed by atoms with Gasteiger partial charge >= 0.3 is 0 Å². The fourth-order valence-electron chi connectivity index (χ4n) is 2.62. The van der Waals surface area contributed by atoms with Gasteiger partial charge in [0.25, 0.3) is 0 Å². The summed E-state index contributed by atoms with van der Waals surface area (Å²) in [6.07, 6.45) is 3.90. The highest BCUT2D eigenvalue weighted by atomic mass is 35.5. The van der Waals surface area contributed by atoms with Gasteiger partial charge in [0.05, 0.1) is 24.0 Å². The van der Waals surface area contributed by atoms with E-state index >= 15 is 0 Å². The molecule has 1 aliphatic heterocycles. The molecule has 0 N–H and O–H groups in total. The van der Waals surface area contributed by atoms with Crippen molar-refractivity contribution >= 4 is 28.8 Å². The van der Waals surface area contributed by atoms with E-state index in [-0.39, 0.29) is 6.10 Å². The zero-order valence-corrected chi connectivity index (χ0v) is 13.9. The minimum Gasteiger partial charge on any atom is -0.470 e. The van der Waals surface area contributed by atoms with E-state index in [0.717, 1.165) is 17.4 Å². The number of carbonyl (C=O) groups excluding carboxylic acids is 1. The van der Waals surface area contributed by atoms with Crippen LogP contribution in [0.3, 0.4) is 0 Å². The number of rotatable bonds is 5. The van der Waals surface area contributed by atoms with Crippen molar-refractivity contribution in [2.24, 2.45) is 5.11 Å². The number of azide groups is 1. The maximum absolute atomic E-state index is 10.6. The molecule has 124 valence electrons. The van der Waals surface area contributed by atoms with Crippen LogP contribution in [0.1, 0.15) is 19.4 Å². The van der Waals surface area contributed by atoms with E-state index in [1.807, 2.05) is 0 Å². The molecule has 1 saturated heterocycles. The number of pyridine rings is 2. The zero-order valence-electron chi connectivity index (χ0n) is 13.2. The van der Waals surface area contributed by atoms with Crippen LogP contribution in [0.2, 0.25) is 5.15 Å². The lowest BCUT2D eigenvalue weighted by molar-refractivity contribution is -0.126. The molecule has 1 fully saturated rings. The maximum Gasteiger partial charge on any atom is 0.223 e. The van der Waals surface area contributed by atoms with E-state index in [4.69, 9.17) is 21.9 Å². The third-order valence-electron chi connectivity index (χ3n) is 3.96. The molecular weight excluding hydrogens is 332 g/mol. The molecule has 1 amide bonds. The molecule has 8 nitrogen and oxygen atoms in total. The van der Waals surface area contributed by atoms with Crippen LogP contribution in [0.4, 0.5) is 0 Å². The van der Waals surface area contributed by atoms with Crippen LogP contribution in [0, 0.1) is 0 Å². The lowest BCUT2D eigenvalue weighted by Crippen LogP contribution is -2.52. The molecule has 9 heteroatoms. The average Bonchev–Trinajstić information content (AvgIpc) is 2.49. The Morgan fingerprint density at radius 1 is 1.42 bits per heavy atom. The van der Waals surface area contributed by atoms with Crippen molar-refractivity contribution in [3.63, 3.8) is 0 Å². The minimum atomic E-state index is -0.798. The molecule has 24 heavy (non-hydrogen) atoms. The summed E-state index contributed by atoms with van der Waals surface area (Å²) in [7, 11) is 0. The van der Waals surface area contributed by atoms with Crippen molar-refractivity contribution in [3.8, 4) is 5.88 Å². The summed E-state index contributed by atoms with van der Waals surface area (Å²) in [6, 6.07) is 1.70. The summed E-state index contributed by atoms with van der Waals surface area (Å²) in [6.45, 7) is 4.65. The summed E-state index contributed by atoms with van der Waals surface area (Å²) in [5, 5.41) is 5.61. The largest absolute Gasteiger partial charge is 0.470 e. The molecule has 2 aromatic rings. The first-order valence-electron chi connectivity index (χ1n) is 7.31. The first kappa shape index (κ1) is 16.3. The van der Waals surface area contributed by atoms with E-state index in [1.165, 1.54) is 0 Å². The number of nitrogens with zero attached hydrogens (tertiary/aromatic N) is 6. The van der Waals surface area contributed by atoms with E-state index in [1.54, 1.807) is 37.2 Å². The zero-order chi connectivity index (χ0) is 17.3. The number of carbonyl (C=O) groups is 1. The summed E-state index contributed by atoms with van der Waals surface area (Å²) < 4.78 is 5.86. The first-order chi connectivity index (χ1) is 11.4. The topological polar surface area (TPSA) is 104 Å². The van der Waals surface area contributed by atoms with Crippen LogP contribution in [0.5, 0.6) is 5.88 Å². The lowest BCUT2D eigenvalue weighted by atomic mass is 9.93. The van der Waals surface area contributed by atoms with Crippen molar-refractivity contribution in [2.75, 3.05) is 13.1 Å². The second kappa shape index (κ2) is 6.14. The van der Waals surface area contributed by atoms with E-state index in [9.17, 15) is 4.79 Å². The Morgan fingerprint density at radius 3 is 2.83 bits per heavy atom. The van der Waals surface area contributed by atoms with Crippen LogP contribution >= 0.6 is 11.6 Å². The molecule has 3 rings (SSSR count). The monoisotopic (exact) mass is 346 g/mol. The van der Waals surface area contributed by atoms with Crippen LogP contribution < -0.4 is 4.74 Å². The highest BCUT2D eigenvalue weighted by Crippen LogP contribution is 2.35. The van der Waals surface area contributed by atoms with Crippen LogP contribution in [-0.2, 0) is 10.3 Å². The van der Waals surface area contributed by atoms with Gasteiger partial charge in [-0.15, -0.1) is 0 Å². The molecular formula is C15H15ClN6O2. The van der Waals surface area contributed by atoms with Gasteiger partial charge in [0.15, 0.2) is 0 Å². The number of ether oxygens (including phenoxy) is 1. The Bertz CT molecular complexity index is 843. The van der Waals surface area contributed by atoms with Gasteiger partial charge in [-0.2, -0.15) is 0 Å². The standard InChI is InChI=1S/C15H15ClN6O2/c1-15(2,20-21-17)12-5-19-14(24-9-6-22(7-9)8-23)11-4-18-13(16)3-10(11)12/h3-5,8-9H,6-7H2,1-2H3. The minimum absolute atomic E-state index is 0.0995. The van der Waals surface area contributed by atoms with E-state index in [0.29, 0.717) is 29.5 Å². The van der Waals surface area contributed by atoms with Crippen molar-refractivity contribution in [3.05, 3.63) is 39.6 Å². The predicted molar refractivity (Wildman–Crippen MR) is 88.8 cm³/mol. The number of amides is 1. The normalized spacial score (nSPS) is 14.9. The van der Waals surface area contributed by atoms with Gasteiger partial charge in [-0.3, -0.25) is 4.79 Å². The summed E-state index contributed by atoms with van der Waals surface area (Å²) >= 11 is 6.03. The molecule has 1 aliphatic rings. The Balaban J connectivity index is 2.04. The summed E-state index contributed by atoms with van der Waals surface area (Å²) in [5.41, 5.74) is 8.73. The van der Waals surface area contributed by atoms with Crippen LogP contribution in [-0.4, -0.2) is 40.5 Å². The Kier molecular flexibility index (Phi) is 4.17. The van der Waals surface area contributed by atoms with Gasteiger partial charge in [-0.25, -0.2) is 9.97 Å². The molecule has 0 saturated carbocycles. The molecule has 0 unspecified atom stereocenters. The number of halogens is 1. The van der Waals surface area contributed by atoms with Crippen molar-refractivity contribution < 1.29 is 9.53 Å². The highest BCUT2D eigenvalue weighted by molar-refractivity contribution is 6.30. The molecule has 0 atom stereocenters. The number of hydrogen-bond acceptors (Lipinski definition) is 5. The van der Waals surface area contributed by atoms with Gasteiger partial charge < -0.3 is 9.64 Å². The quantitative estimate of drug-likeness (QED) is 0.273. The fraction of sp³-hybridized carbons (Fsp3) is 0.400. The summed E-state index contributed by atoms with van der Waals surface area (Å²) in [5.74, 6) is 0.421. The SMILES string of the molecule is CC(C)(N=[N+]=[N-])c1cnc(OC2CN(C=O)C2)c2cnc(Cl)cc12. The molecule has 0 bridgehead atoms. The Hall–Kier alpha value is -2.57. The Labute approximate surface area is 143 Å². The number of likely N-dealkylation sites (tertiary alicyclic amines) is 1. The lowest BCUT2D eigenvalue weighted by Gasteiger charge is -2.36. The van der Waals surface area contributed by atoms with Gasteiger partial charge in [0.1, 0.15) is 11.3 Å². The van der Waals surface area contributed by atoms with Gasteiger partial charge in [0.2, 0.25) is 12.3 Å². The van der Waals surface area contributed by atoms with E-state index < -0.39 is 5.54 Å². The number of aromatic nitrogens is 2. The molecule has 0 aromatic carbocycles. The number of hydrogen-bond donors (Lipinski definition) is 0. The predicted octanol–water partition coefficient (Wildman–Crippen LogP) is 3.05. The van der Waals surface area contributed by atoms with Crippen molar-refractivity contribution in [1.82, 2.24) is 14.9 Å². The third kappa shape index (κ3) is 2.93. The van der Waals surface area contributed by atoms with Crippen molar-refractivity contribution in [2.45, 2.75) is 25.5 Å². The molecule has 2 aromatic heterocycles. The maximum atomic E-state index is 10.6. The van der Waals surface area contributed by atoms with Crippen molar-refractivity contribution in [1.29, 1.82) is 0 Å². The second-order valence-corrected chi connectivity index (χ2v) is 6.46. The van der Waals surface area contributed by atoms with Crippen LogP contribution in [0.25, 0.3) is 21.2 Å². The third-order valence-corrected chi connectivity index (χ3v) is 4.17. The molecule has 3 heterocycles. The van der Waals surface area contributed by atoms with Crippen LogP contribution in [0.15, 0.2) is 23.6 Å². The first-order valence-corrected chi connectivity index (χ1v) is 7.69. The van der Waals surface area contributed by atoms with Gasteiger partial charge in [-0.1, -0.05) is 30.6 Å².